The van der Waals surface area contributed by atoms with Crippen molar-refractivity contribution < 1.29 is 9.53 Å². The van der Waals surface area contributed by atoms with E-state index in [9.17, 15) is 4.79 Å². The highest BCUT2D eigenvalue weighted by Crippen LogP contribution is 2.39. The molecule has 0 unspecified atom stereocenters. The van der Waals surface area contributed by atoms with Gasteiger partial charge in [0, 0.05) is 47.9 Å². The summed E-state index contributed by atoms with van der Waals surface area (Å²) in [6, 6.07) is 8.14. The topological polar surface area (TPSA) is 71.1 Å². The van der Waals surface area contributed by atoms with Crippen LogP contribution in [0.15, 0.2) is 30.5 Å². The SMILES string of the molecule is COc1ccc2cnc([C@@H]3CCCN(C(=O)c4cc(C5CC5)[nH]n4)C3)cc2c1C. The molecule has 1 N–H and O–H groups in total. The first-order valence-electron chi connectivity index (χ1n) is 10.4. The second-order valence-corrected chi connectivity index (χ2v) is 8.30. The van der Waals surface area contributed by atoms with Gasteiger partial charge < -0.3 is 9.64 Å². The summed E-state index contributed by atoms with van der Waals surface area (Å²) in [7, 11) is 1.70. The van der Waals surface area contributed by atoms with E-state index in [1.807, 2.05) is 29.3 Å². The van der Waals surface area contributed by atoms with Crippen LogP contribution in [0.2, 0.25) is 0 Å². The number of benzene rings is 1. The van der Waals surface area contributed by atoms with E-state index in [0.717, 1.165) is 47.5 Å². The second kappa shape index (κ2) is 7.17. The van der Waals surface area contributed by atoms with Gasteiger partial charge in [-0.2, -0.15) is 5.10 Å². The molecule has 6 heteroatoms. The molecule has 3 heterocycles. The van der Waals surface area contributed by atoms with Crippen LogP contribution in [-0.2, 0) is 0 Å². The Hall–Kier alpha value is -2.89. The smallest absolute Gasteiger partial charge is 0.274 e. The van der Waals surface area contributed by atoms with Crippen molar-refractivity contribution in [1.82, 2.24) is 20.1 Å². The molecule has 1 aromatic carbocycles. The molecule has 150 valence electrons. The minimum atomic E-state index is 0.0245. The number of fused-ring (bicyclic) bond motifs is 1. The number of H-pyrrole nitrogens is 1. The first kappa shape index (κ1) is 18.2. The van der Waals surface area contributed by atoms with Gasteiger partial charge in [-0.05, 0) is 67.8 Å². The number of pyridine rings is 1. The fourth-order valence-electron chi connectivity index (χ4n) is 4.42. The molecule has 0 bridgehead atoms. The van der Waals surface area contributed by atoms with Crippen molar-refractivity contribution in [3.63, 3.8) is 0 Å². The molecule has 29 heavy (non-hydrogen) atoms. The van der Waals surface area contributed by atoms with Crippen LogP contribution in [-0.4, -0.2) is 46.2 Å². The molecule has 5 rings (SSSR count). The minimum absolute atomic E-state index is 0.0245. The molecular weight excluding hydrogens is 364 g/mol. The molecule has 1 atom stereocenters. The van der Waals surface area contributed by atoms with Crippen molar-refractivity contribution in [1.29, 1.82) is 0 Å². The number of nitrogens with zero attached hydrogens (tertiary/aromatic N) is 3. The predicted molar refractivity (Wildman–Crippen MR) is 111 cm³/mol. The lowest BCUT2D eigenvalue weighted by Crippen LogP contribution is -2.39. The molecule has 2 aromatic heterocycles. The number of aromatic amines is 1. The van der Waals surface area contributed by atoms with Gasteiger partial charge in [0.05, 0.1) is 7.11 Å². The summed E-state index contributed by atoms with van der Waals surface area (Å²) in [5.41, 5.74) is 3.82. The Balaban J connectivity index is 1.38. The lowest BCUT2D eigenvalue weighted by Gasteiger charge is -2.32. The number of aromatic nitrogens is 3. The molecule has 2 aliphatic rings. The zero-order chi connectivity index (χ0) is 20.0. The highest BCUT2D eigenvalue weighted by molar-refractivity contribution is 5.92. The van der Waals surface area contributed by atoms with Gasteiger partial charge in [-0.1, -0.05) is 0 Å². The zero-order valence-electron chi connectivity index (χ0n) is 16.9. The summed E-state index contributed by atoms with van der Waals surface area (Å²) in [5.74, 6) is 1.72. The molecule has 0 spiro atoms. The number of nitrogens with one attached hydrogen (secondary N) is 1. The van der Waals surface area contributed by atoms with Gasteiger partial charge in [-0.25, -0.2) is 0 Å². The van der Waals surface area contributed by atoms with E-state index in [1.165, 1.54) is 18.2 Å². The molecule has 0 radical (unpaired) electrons. The van der Waals surface area contributed by atoms with Crippen LogP contribution in [0, 0.1) is 6.92 Å². The molecule has 2 fully saturated rings. The van der Waals surface area contributed by atoms with E-state index in [2.05, 4.69) is 23.2 Å². The third-order valence-electron chi connectivity index (χ3n) is 6.32. The number of carbonyl (C=O) groups is 1. The van der Waals surface area contributed by atoms with Gasteiger partial charge in [-0.3, -0.25) is 14.9 Å². The summed E-state index contributed by atoms with van der Waals surface area (Å²) in [6.07, 6.45) is 6.35. The number of piperidine rings is 1. The maximum Gasteiger partial charge on any atom is 0.274 e. The van der Waals surface area contributed by atoms with Gasteiger partial charge in [0.1, 0.15) is 11.4 Å². The lowest BCUT2D eigenvalue weighted by atomic mass is 9.92. The molecule has 1 saturated heterocycles. The quantitative estimate of drug-likeness (QED) is 0.726. The maximum atomic E-state index is 13.0. The number of methoxy groups -OCH3 is 1. The fraction of sp³-hybridized carbons (Fsp3) is 0.435. The highest BCUT2D eigenvalue weighted by atomic mass is 16.5. The first-order chi connectivity index (χ1) is 14.1. The molecule has 3 aromatic rings. The van der Waals surface area contributed by atoms with Crippen molar-refractivity contribution in [3.05, 3.63) is 53.1 Å². The molecule has 1 aliphatic carbocycles. The maximum absolute atomic E-state index is 13.0. The van der Waals surface area contributed by atoms with E-state index >= 15 is 0 Å². The average molecular weight is 390 g/mol. The minimum Gasteiger partial charge on any atom is -0.496 e. The number of carbonyl (C=O) groups excluding carboxylic acids is 1. The van der Waals surface area contributed by atoms with Crippen LogP contribution >= 0.6 is 0 Å². The monoisotopic (exact) mass is 390 g/mol. The van der Waals surface area contributed by atoms with E-state index in [1.54, 1.807) is 7.11 Å². The number of likely N-dealkylation sites (tertiary alicyclic amines) is 1. The number of rotatable bonds is 4. The summed E-state index contributed by atoms with van der Waals surface area (Å²) in [6.45, 7) is 3.55. The van der Waals surface area contributed by atoms with Crippen molar-refractivity contribution in [2.75, 3.05) is 20.2 Å². The van der Waals surface area contributed by atoms with Gasteiger partial charge in [-0.15, -0.1) is 0 Å². The van der Waals surface area contributed by atoms with Crippen molar-refractivity contribution in [3.8, 4) is 5.75 Å². The zero-order valence-corrected chi connectivity index (χ0v) is 16.9. The number of hydrogen-bond acceptors (Lipinski definition) is 4. The molecule has 1 saturated carbocycles. The Morgan fingerprint density at radius 2 is 2.07 bits per heavy atom. The fourth-order valence-corrected chi connectivity index (χ4v) is 4.42. The van der Waals surface area contributed by atoms with E-state index in [4.69, 9.17) is 9.72 Å². The van der Waals surface area contributed by atoms with Gasteiger partial charge in [0.25, 0.3) is 5.91 Å². The van der Waals surface area contributed by atoms with Crippen LogP contribution in [0.4, 0.5) is 0 Å². The van der Waals surface area contributed by atoms with Crippen molar-refractivity contribution >= 4 is 16.7 Å². The Kier molecular flexibility index (Phi) is 4.49. The predicted octanol–water partition coefficient (Wildman–Crippen LogP) is 4.17. The number of hydrogen-bond donors (Lipinski definition) is 1. The van der Waals surface area contributed by atoms with Gasteiger partial charge >= 0.3 is 0 Å². The average Bonchev–Trinajstić information content (AvgIpc) is 3.50. The molecule has 1 aliphatic heterocycles. The molecule has 1 amide bonds. The largest absolute Gasteiger partial charge is 0.496 e. The molecular formula is C23H26N4O2. The second-order valence-electron chi connectivity index (χ2n) is 8.30. The van der Waals surface area contributed by atoms with E-state index in [-0.39, 0.29) is 11.8 Å². The summed E-state index contributed by atoms with van der Waals surface area (Å²) < 4.78 is 5.48. The highest BCUT2D eigenvalue weighted by Gasteiger charge is 2.30. The summed E-state index contributed by atoms with van der Waals surface area (Å²) >= 11 is 0. The van der Waals surface area contributed by atoms with Crippen molar-refractivity contribution in [2.24, 2.45) is 0 Å². The first-order valence-corrected chi connectivity index (χ1v) is 10.4. The number of amides is 1. The standard InChI is InChI=1S/C23H26N4O2/c1-14-18-10-19(24-12-16(18)7-8-22(14)29-2)17-4-3-9-27(13-17)23(28)21-11-20(25-26-21)15-5-6-15/h7-8,10-12,15,17H,3-6,9,13H2,1-2H3,(H,25,26)/t17-/m1/s1. The third kappa shape index (κ3) is 3.37. The van der Waals surface area contributed by atoms with E-state index < -0.39 is 0 Å². The number of ether oxygens (including phenoxy) is 1. The summed E-state index contributed by atoms with van der Waals surface area (Å²) in [4.78, 5) is 19.7. The van der Waals surface area contributed by atoms with Crippen LogP contribution < -0.4 is 4.74 Å². The molecule has 6 nitrogen and oxygen atoms in total. The lowest BCUT2D eigenvalue weighted by molar-refractivity contribution is 0.0700. The van der Waals surface area contributed by atoms with Crippen LogP contribution in [0.1, 0.15) is 65.0 Å². The van der Waals surface area contributed by atoms with Crippen LogP contribution in [0.25, 0.3) is 10.8 Å². The number of aryl methyl sites for hydroxylation is 1. The van der Waals surface area contributed by atoms with Gasteiger partial charge in [0.15, 0.2) is 0 Å². The Morgan fingerprint density at radius 3 is 2.86 bits per heavy atom. The van der Waals surface area contributed by atoms with E-state index in [0.29, 0.717) is 18.2 Å². The Morgan fingerprint density at radius 1 is 1.21 bits per heavy atom. The van der Waals surface area contributed by atoms with Gasteiger partial charge in [0.2, 0.25) is 0 Å². The Bertz CT molecular complexity index is 1070. The van der Waals surface area contributed by atoms with Crippen molar-refractivity contribution in [2.45, 2.75) is 44.4 Å². The van der Waals surface area contributed by atoms with Crippen LogP contribution in [0.3, 0.4) is 0 Å². The summed E-state index contributed by atoms with van der Waals surface area (Å²) in [5, 5.41) is 9.60. The third-order valence-corrected chi connectivity index (χ3v) is 6.32. The van der Waals surface area contributed by atoms with Crippen LogP contribution in [0.5, 0.6) is 5.75 Å². The Labute approximate surface area is 170 Å². The normalized spacial score (nSPS) is 19.5.